The van der Waals surface area contributed by atoms with Gasteiger partial charge in [0.1, 0.15) is 18.2 Å². The first-order valence-corrected chi connectivity index (χ1v) is 8.35. The average molecular weight is 328 g/mol. The van der Waals surface area contributed by atoms with Crippen molar-refractivity contribution in [3.8, 4) is 17.1 Å². The number of ether oxygens (including phenoxy) is 1. The molecule has 0 unspecified atom stereocenters. The standard InChI is InChI=1S/C22H20N2O/c1-15(2)14-25-18-11-8-17(9-12-18)22-23-21-19-7-5-4-6-16(19)10-13-20(21)24(22)3/h4-13H,1,14H2,2-3H3. The fourth-order valence-corrected chi connectivity index (χ4v) is 3.09. The van der Waals surface area contributed by atoms with Gasteiger partial charge in [-0.1, -0.05) is 36.9 Å². The van der Waals surface area contributed by atoms with E-state index in [1.165, 1.54) is 10.8 Å². The van der Waals surface area contributed by atoms with Gasteiger partial charge in [0.15, 0.2) is 0 Å². The monoisotopic (exact) mass is 328 g/mol. The van der Waals surface area contributed by atoms with E-state index in [-0.39, 0.29) is 0 Å². The number of nitrogens with zero attached hydrogens (tertiary/aromatic N) is 2. The zero-order valence-corrected chi connectivity index (χ0v) is 14.5. The van der Waals surface area contributed by atoms with Gasteiger partial charge in [-0.25, -0.2) is 4.98 Å². The number of benzene rings is 3. The Morgan fingerprint density at radius 1 is 1.04 bits per heavy atom. The molecule has 0 radical (unpaired) electrons. The van der Waals surface area contributed by atoms with Crippen LogP contribution in [0.5, 0.6) is 5.75 Å². The maximum Gasteiger partial charge on any atom is 0.140 e. The van der Waals surface area contributed by atoms with Gasteiger partial charge in [-0.05, 0) is 48.2 Å². The molecule has 0 N–H and O–H groups in total. The highest BCUT2D eigenvalue weighted by Gasteiger charge is 2.12. The average Bonchev–Trinajstić information content (AvgIpc) is 2.98. The third kappa shape index (κ3) is 2.78. The van der Waals surface area contributed by atoms with Crippen molar-refractivity contribution in [1.29, 1.82) is 0 Å². The number of imidazole rings is 1. The zero-order chi connectivity index (χ0) is 17.4. The summed E-state index contributed by atoms with van der Waals surface area (Å²) in [4.78, 5) is 4.92. The van der Waals surface area contributed by atoms with Crippen molar-refractivity contribution in [2.24, 2.45) is 7.05 Å². The third-order valence-electron chi connectivity index (χ3n) is 4.37. The van der Waals surface area contributed by atoms with Crippen molar-refractivity contribution in [1.82, 2.24) is 9.55 Å². The molecule has 0 atom stereocenters. The van der Waals surface area contributed by atoms with E-state index in [2.05, 4.69) is 66.7 Å². The molecule has 0 amide bonds. The highest BCUT2D eigenvalue weighted by Crippen LogP contribution is 2.30. The molecule has 4 aromatic rings. The molecule has 1 heterocycles. The predicted octanol–water partition coefficient (Wildman–Crippen LogP) is 5.35. The highest BCUT2D eigenvalue weighted by atomic mass is 16.5. The Bertz CT molecular complexity index is 1070. The van der Waals surface area contributed by atoms with Crippen molar-refractivity contribution in [2.45, 2.75) is 6.92 Å². The Hall–Kier alpha value is -3.07. The molecule has 4 rings (SSSR count). The van der Waals surface area contributed by atoms with E-state index < -0.39 is 0 Å². The molecule has 0 fully saturated rings. The summed E-state index contributed by atoms with van der Waals surface area (Å²) < 4.78 is 7.82. The Labute approximate surface area is 147 Å². The van der Waals surface area contributed by atoms with Gasteiger partial charge in [0.05, 0.1) is 11.0 Å². The number of hydrogen-bond donors (Lipinski definition) is 0. The second-order valence-electron chi connectivity index (χ2n) is 6.42. The van der Waals surface area contributed by atoms with Crippen molar-refractivity contribution in [2.75, 3.05) is 6.61 Å². The minimum absolute atomic E-state index is 0.539. The van der Waals surface area contributed by atoms with Gasteiger partial charge in [0.2, 0.25) is 0 Å². The van der Waals surface area contributed by atoms with Crippen LogP contribution in [0.2, 0.25) is 0 Å². The Kier molecular flexibility index (Phi) is 3.77. The van der Waals surface area contributed by atoms with E-state index >= 15 is 0 Å². The van der Waals surface area contributed by atoms with E-state index in [1.807, 2.05) is 19.1 Å². The summed E-state index contributed by atoms with van der Waals surface area (Å²) in [6.45, 7) is 6.35. The third-order valence-corrected chi connectivity index (χ3v) is 4.37. The van der Waals surface area contributed by atoms with Crippen LogP contribution in [0.1, 0.15) is 6.92 Å². The Balaban J connectivity index is 1.77. The first-order chi connectivity index (χ1) is 12.1. The smallest absolute Gasteiger partial charge is 0.140 e. The second kappa shape index (κ2) is 6.10. The summed E-state index contributed by atoms with van der Waals surface area (Å²) in [5.74, 6) is 1.80. The van der Waals surface area contributed by atoms with E-state index in [9.17, 15) is 0 Å². The van der Waals surface area contributed by atoms with Crippen LogP contribution in [0.25, 0.3) is 33.2 Å². The van der Waals surface area contributed by atoms with Gasteiger partial charge in [-0.2, -0.15) is 0 Å². The lowest BCUT2D eigenvalue weighted by molar-refractivity contribution is 0.353. The lowest BCUT2D eigenvalue weighted by Gasteiger charge is -2.07. The number of hydrogen-bond acceptors (Lipinski definition) is 2. The first kappa shape index (κ1) is 15.5. The quantitative estimate of drug-likeness (QED) is 0.472. The number of aromatic nitrogens is 2. The Morgan fingerprint density at radius 2 is 1.80 bits per heavy atom. The van der Waals surface area contributed by atoms with Crippen LogP contribution in [0.4, 0.5) is 0 Å². The molecule has 0 spiro atoms. The minimum atomic E-state index is 0.539. The van der Waals surface area contributed by atoms with Gasteiger partial charge in [0, 0.05) is 18.0 Å². The number of rotatable bonds is 4. The molecule has 124 valence electrons. The molecular formula is C22H20N2O. The molecule has 3 heteroatoms. The Morgan fingerprint density at radius 3 is 2.56 bits per heavy atom. The molecular weight excluding hydrogens is 308 g/mol. The van der Waals surface area contributed by atoms with Gasteiger partial charge in [-0.15, -0.1) is 0 Å². The summed E-state index contributed by atoms with van der Waals surface area (Å²) >= 11 is 0. The zero-order valence-electron chi connectivity index (χ0n) is 14.5. The van der Waals surface area contributed by atoms with Crippen LogP contribution in [0.15, 0.2) is 72.8 Å². The van der Waals surface area contributed by atoms with Crippen LogP contribution in [0, 0.1) is 0 Å². The normalized spacial score (nSPS) is 11.1. The molecule has 3 aromatic carbocycles. The summed E-state index contributed by atoms with van der Waals surface area (Å²) in [6, 6.07) is 20.7. The maximum atomic E-state index is 5.68. The second-order valence-corrected chi connectivity index (χ2v) is 6.42. The molecule has 1 aromatic heterocycles. The molecule has 0 bridgehead atoms. The molecule has 0 saturated carbocycles. The summed E-state index contributed by atoms with van der Waals surface area (Å²) in [6.07, 6.45) is 0. The first-order valence-electron chi connectivity index (χ1n) is 8.35. The van der Waals surface area contributed by atoms with Crippen LogP contribution < -0.4 is 4.74 Å². The minimum Gasteiger partial charge on any atom is -0.489 e. The fraction of sp³-hybridized carbons (Fsp3) is 0.136. The molecule has 0 aliphatic rings. The van der Waals surface area contributed by atoms with E-state index in [0.29, 0.717) is 6.61 Å². The van der Waals surface area contributed by atoms with Crippen LogP contribution in [-0.2, 0) is 7.05 Å². The topological polar surface area (TPSA) is 27.1 Å². The predicted molar refractivity (Wildman–Crippen MR) is 104 cm³/mol. The van der Waals surface area contributed by atoms with Crippen molar-refractivity contribution in [3.63, 3.8) is 0 Å². The van der Waals surface area contributed by atoms with Crippen molar-refractivity contribution >= 4 is 21.8 Å². The molecule has 0 saturated heterocycles. The lowest BCUT2D eigenvalue weighted by atomic mass is 10.1. The van der Waals surface area contributed by atoms with Gasteiger partial charge < -0.3 is 9.30 Å². The molecule has 0 aliphatic carbocycles. The van der Waals surface area contributed by atoms with E-state index in [0.717, 1.165) is 33.7 Å². The van der Waals surface area contributed by atoms with Crippen LogP contribution >= 0.6 is 0 Å². The van der Waals surface area contributed by atoms with Gasteiger partial charge in [-0.3, -0.25) is 0 Å². The fourth-order valence-electron chi connectivity index (χ4n) is 3.09. The van der Waals surface area contributed by atoms with Crippen molar-refractivity contribution in [3.05, 3.63) is 72.8 Å². The lowest BCUT2D eigenvalue weighted by Crippen LogP contribution is -1.97. The highest BCUT2D eigenvalue weighted by molar-refractivity contribution is 6.05. The molecule has 25 heavy (non-hydrogen) atoms. The summed E-state index contributed by atoms with van der Waals surface area (Å²) in [7, 11) is 2.06. The van der Waals surface area contributed by atoms with Gasteiger partial charge in [0.25, 0.3) is 0 Å². The SMILES string of the molecule is C=C(C)COc1ccc(-c2nc3c4ccccc4ccc3n2C)cc1. The molecule has 0 aliphatic heterocycles. The number of aryl methyl sites for hydroxylation is 1. The van der Waals surface area contributed by atoms with Crippen molar-refractivity contribution < 1.29 is 4.74 Å². The summed E-state index contributed by atoms with van der Waals surface area (Å²) in [5.41, 5.74) is 4.26. The maximum absolute atomic E-state index is 5.68. The van der Waals surface area contributed by atoms with E-state index in [4.69, 9.17) is 9.72 Å². The molecule has 3 nitrogen and oxygen atoms in total. The van der Waals surface area contributed by atoms with Crippen LogP contribution in [-0.4, -0.2) is 16.2 Å². The van der Waals surface area contributed by atoms with E-state index in [1.54, 1.807) is 0 Å². The number of fused-ring (bicyclic) bond motifs is 3. The van der Waals surface area contributed by atoms with Crippen LogP contribution in [0.3, 0.4) is 0 Å². The largest absolute Gasteiger partial charge is 0.489 e. The summed E-state index contributed by atoms with van der Waals surface area (Å²) in [5, 5.41) is 2.39. The van der Waals surface area contributed by atoms with Gasteiger partial charge >= 0.3 is 0 Å².